The summed E-state index contributed by atoms with van der Waals surface area (Å²) >= 11 is 0. The maximum atomic E-state index is 13.1. The molecule has 180 valence electrons. The van der Waals surface area contributed by atoms with E-state index in [9.17, 15) is 14.7 Å². The molecule has 1 N–H and O–H groups in total. The molecule has 1 aliphatic heterocycles. The fourth-order valence-corrected chi connectivity index (χ4v) is 4.27. The van der Waals surface area contributed by atoms with Gasteiger partial charge in [-0.3, -0.25) is 14.6 Å². The lowest BCUT2D eigenvalue weighted by Crippen LogP contribution is -2.29. The molecule has 0 aliphatic carbocycles. The van der Waals surface area contributed by atoms with Gasteiger partial charge in [0.25, 0.3) is 11.7 Å². The van der Waals surface area contributed by atoms with Gasteiger partial charge in [0, 0.05) is 24.5 Å². The number of Topliss-reactive ketones (excluding diaryl/α,β-unsaturated/α-hetero) is 1. The zero-order chi connectivity index (χ0) is 25.1. The lowest BCUT2D eigenvalue weighted by Gasteiger charge is -2.23. The van der Waals surface area contributed by atoms with E-state index >= 15 is 0 Å². The van der Waals surface area contributed by atoms with E-state index in [2.05, 4.69) is 4.98 Å². The molecule has 7 heteroatoms. The fraction of sp³-hybridized carbons (Fsp3) is 0.138. The molecule has 3 heterocycles. The van der Waals surface area contributed by atoms with Gasteiger partial charge in [-0.05, 0) is 66.1 Å². The third-order valence-corrected chi connectivity index (χ3v) is 6.21. The molecule has 1 atom stereocenters. The zero-order valence-corrected chi connectivity index (χ0v) is 19.6. The Hall–Kier alpha value is -4.65. The van der Waals surface area contributed by atoms with Gasteiger partial charge >= 0.3 is 0 Å². The van der Waals surface area contributed by atoms with Gasteiger partial charge < -0.3 is 19.2 Å². The van der Waals surface area contributed by atoms with E-state index in [-0.39, 0.29) is 17.9 Å². The molecule has 1 saturated heterocycles. The average molecular weight is 481 g/mol. The molecule has 4 aromatic rings. The quantitative estimate of drug-likeness (QED) is 0.222. The number of rotatable bonds is 7. The van der Waals surface area contributed by atoms with Gasteiger partial charge in [0.2, 0.25) is 0 Å². The summed E-state index contributed by atoms with van der Waals surface area (Å²) in [7, 11) is 0. The minimum atomic E-state index is -0.864. The number of aryl methyl sites for hydroxylation is 1. The second-order valence-electron chi connectivity index (χ2n) is 8.54. The number of ether oxygens (including phenoxy) is 1. The van der Waals surface area contributed by atoms with Crippen LogP contribution in [0.5, 0.6) is 5.75 Å². The van der Waals surface area contributed by atoms with E-state index in [0.717, 1.165) is 16.7 Å². The van der Waals surface area contributed by atoms with Crippen molar-refractivity contribution < 1.29 is 23.8 Å². The highest BCUT2D eigenvalue weighted by Gasteiger charge is 2.47. The number of aliphatic hydroxyl groups is 1. The number of pyridine rings is 1. The van der Waals surface area contributed by atoms with Crippen molar-refractivity contribution in [2.24, 2.45) is 0 Å². The number of aliphatic hydroxyl groups excluding tert-OH is 1. The minimum Gasteiger partial charge on any atom is -0.507 e. The van der Waals surface area contributed by atoms with Gasteiger partial charge in [-0.15, -0.1) is 0 Å². The van der Waals surface area contributed by atoms with Crippen molar-refractivity contribution in [2.45, 2.75) is 26.1 Å². The normalized spacial score (nSPS) is 16.9. The largest absolute Gasteiger partial charge is 0.507 e. The van der Waals surface area contributed by atoms with Crippen molar-refractivity contribution in [3.05, 3.63) is 125 Å². The van der Waals surface area contributed by atoms with Gasteiger partial charge in [-0.1, -0.05) is 30.3 Å². The Bertz CT molecular complexity index is 1410. The lowest BCUT2D eigenvalue weighted by molar-refractivity contribution is -0.140. The van der Waals surface area contributed by atoms with Crippen molar-refractivity contribution >= 4 is 17.4 Å². The van der Waals surface area contributed by atoms with Crippen molar-refractivity contribution in [2.75, 3.05) is 0 Å². The Labute approximate surface area is 208 Å². The molecule has 36 heavy (non-hydrogen) atoms. The Kier molecular flexibility index (Phi) is 6.36. The number of amides is 1. The van der Waals surface area contributed by atoms with Crippen LogP contribution >= 0.6 is 0 Å². The maximum absolute atomic E-state index is 13.1. The first-order valence-electron chi connectivity index (χ1n) is 11.5. The van der Waals surface area contributed by atoms with Crippen LogP contribution in [0.15, 0.2) is 101 Å². The van der Waals surface area contributed by atoms with Crippen molar-refractivity contribution in [1.82, 2.24) is 9.88 Å². The molecule has 1 amide bonds. The fourth-order valence-electron chi connectivity index (χ4n) is 4.27. The van der Waals surface area contributed by atoms with Gasteiger partial charge in [0.05, 0.1) is 11.8 Å². The van der Waals surface area contributed by atoms with Crippen LogP contribution in [0.4, 0.5) is 0 Å². The van der Waals surface area contributed by atoms with Gasteiger partial charge in [0.1, 0.15) is 29.9 Å². The summed E-state index contributed by atoms with van der Waals surface area (Å²) in [6, 6.07) is 20.8. The first-order chi connectivity index (χ1) is 17.5. The molecular weight excluding hydrogens is 456 g/mol. The number of furan rings is 1. The molecule has 7 nitrogen and oxygen atoms in total. The number of likely N-dealkylation sites (tertiary alicyclic amines) is 1. The van der Waals surface area contributed by atoms with Crippen molar-refractivity contribution in [1.29, 1.82) is 0 Å². The highest BCUT2D eigenvalue weighted by Crippen LogP contribution is 2.40. The first-order valence-corrected chi connectivity index (χ1v) is 11.5. The van der Waals surface area contributed by atoms with Crippen LogP contribution in [-0.2, 0) is 22.7 Å². The van der Waals surface area contributed by atoms with Crippen LogP contribution in [0, 0.1) is 6.92 Å². The van der Waals surface area contributed by atoms with E-state index < -0.39 is 17.7 Å². The lowest BCUT2D eigenvalue weighted by atomic mass is 9.99. The second kappa shape index (κ2) is 9.92. The van der Waals surface area contributed by atoms with E-state index in [4.69, 9.17) is 9.15 Å². The molecule has 0 radical (unpaired) electrons. The van der Waals surface area contributed by atoms with Crippen LogP contribution in [0.1, 0.15) is 34.1 Å². The van der Waals surface area contributed by atoms with E-state index in [0.29, 0.717) is 23.7 Å². The summed E-state index contributed by atoms with van der Waals surface area (Å²) in [5.41, 5.74) is 3.35. The molecule has 2 aromatic carbocycles. The summed E-state index contributed by atoms with van der Waals surface area (Å²) in [5.74, 6) is -0.737. The molecule has 2 aromatic heterocycles. The van der Waals surface area contributed by atoms with Crippen LogP contribution in [-0.4, -0.2) is 26.7 Å². The van der Waals surface area contributed by atoms with Crippen molar-refractivity contribution in [3.63, 3.8) is 0 Å². The topological polar surface area (TPSA) is 92.9 Å². The summed E-state index contributed by atoms with van der Waals surface area (Å²) in [6.45, 7) is 2.58. The molecule has 1 aliphatic rings. The second-order valence-corrected chi connectivity index (χ2v) is 8.54. The summed E-state index contributed by atoms with van der Waals surface area (Å²) in [6.07, 6.45) is 4.74. The number of carbonyl (C=O) groups is 2. The minimum absolute atomic E-state index is 0.0209. The number of ketones is 1. The highest BCUT2D eigenvalue weighted by molar-refractivity contribution is 6.46. The van der Waals surface area contributed by atoms with Crippen LogP contribution < -0.4 is 4.74 Å². The van der Waals surface area contributed by atoms with Gasteiger partial charge in [0.15, 0.2) is 0 Å². The Morgan fingerprint density at radius 2 is 1.83 bits per heavy atom. The molecule has 0 bridgehead atoms. The average Bonchev–Trinajstić information content (AvgIpc) is 3.52. The summed E-state index contributed by atoms with van der Waals surface area (Å²) in [5, 5.41) is 11.2. The Morgan fingerprint density at radius 3 is 2.53 bits per heavy atom. The van der Waals surface area contributed by atoms with Crippen molar-refractivity contribution in [3.8, 4) is 5.75 Å². The Balaban J connectivity index is 1.44. The molecule has 0 saturated carbocycles. The van der Waals surface area contributed by atoms with E-state index in [1.165, 1.54) is 11.2 Å². The highest BCUT2D eigenvalue weighted by atomic mass is 16.5. The first kappa shape index (κ1) is 23.1. The third kappa shape index (κ3) is 4.51. The number of hydrogen-bond acceptors (Lipinski definition) is 6. The van der Waals surface area contributed by atoms with Crippen LogP contribution in [0.3, 0.4) is 0 Å². The molecule has 1 fully saturated rings. The summed E-state index contributed by atoms with van der Waals surface area (Å²) in [4.78, 5) is 31.6. The molecule has 5 rings (SSSR count). The van der Waals surface area contributed by atoms with Gasteiger partial charge in [-0.2, -0.15) is 0 Å². The number of aromatic nitrogens is 1. The SMILES string of the molecule is Cc1ccccc1COc1ccc(C(O)=C2C(=O)C(=O)N(Cc3cccnc3)[C@@H]2c2ccco2)cc1. The molecule has 0 spiro atoms. The van der Waals surface area contributed by atoms with E-state index in [1.807, 2.05) is 37.3 Å². The molecule has 0 unspecified atom stereocenters. The van der Waals surface area contributed by atoms with Crippen LogP contribution in [0.2, 0.25) is 0 Å². The zero-order valence-electron chi connectivity index (χ0n) is 19.6. The standard InChI is InChI=1S/C29H24N2O5/c1-19-6-2-3-8-22(19)18-36-23-12-10-21(11-13-23)27(32)25-26(24-9-5-15-35-24)31(29(34)28(25)33)17-20-7-4-14-30-16-20/h2-16,26,32H,17-18H2,1H3/t26-/m1/s1. The smallest absolute Gasteiger partial charge is 0.296 e. The van der Waals surface area contributed by atoms with E-state index in [1.54, 1.807) is 54.9 Å². The third-order valence-electron chi connectivity index (χ3n) is 6.21. The monoisotopic (exact) mass is 480 g/mol. The predicted molar refractivity (Wildman–Crippen MR) is 133 cm³/mol. The molecular formula is C29H24N2O5. The Morgan fingerprint density at radius 1 is 1.03 bits per heavy atom. The number of hydrogen-bond donors (Lipinski definition) is 1. The van der Waals surface area contributed by atoms with Gasteiger partial charge in [-0.25, -0.2) is 0 Å². The number of benzene rings is 2. The number of nitrogens with zero attached hydrogens (tertiary/aromatic N) is 2. The maximum Gasteiger partial charge on any atom is 0.296 e. The summed E-state index contributed by atoms with van der Waals surface area (Å²) < 4.78 is 11.5. The number of carbonyl (C=O) groups excluding carboxylic acids is 2. The van der Waals surface area contributed by atoms with Crippen LogP contribution in [0.25, 0.3) is 5.76 Å². The predicted octanol–water partition coefficient (Wildman–Crippen LogP) is 5.18.